The maximum absolute atomic E-state index is 12.9. The molecule has 0 aliphatic carbocycles. The second-order valence-electron chi connectivity index (χ2n) is 3.34. The molecular weight excluding hydrogens is 195 g/mol. The van der Waals surface area contributed by atoms with Crippen LogP contribution in [-0.4, -0.2) is 15.2 Å². The third kappa shape index (κ3) is 2.02. The van der Waals surface area contributed by atoms with Crippen molar-refractivity contribution in [2.75, 3.05) is 0 Å². The summed E-state index contributed by atoms with van der Waals surface area (Å²) in [5, 5.41) is 6.68. The zero-order chi connectivity index (χ0) is 10.8. The van der Waals surface area contributed by atoms with Crippen molar-refractivity contribution < 1.29 is 4.39 Å². The first-order valence-electron chi connectivity index (χ1n) is 4.60. The van der Waals surface area contributed by atoms with E-state index in [9.17, 15) is 4.39 Å². The standard InChI is InChI=1S/C10H11FN4/c1-6(12)9-13-10(15-14-9)7-3-2-4-8(11)5-7/h2-6H,12H2,1H3,(H,13,14,15)/t6-/m1/s1. The fourth-order valence-corrected chi connectivity index (χ4v) is 1.23. The van der Waals surface area contributed by atoms with Crippen LogP contribution in [0.25, 0.3) is 11.4 Å². The smallest absolute Gasteiger partial charge is 0.181 e. The summed E-state index contributed by atoms with van der Waals surface area (Å²) in [6, 6.07) is 5.92. The number of nitrogens with zero attached hydrogens (tertiary/aromatic N) is 2. The molecule has 1 aromatic heterocycles. The summed E-state index contributed by atoms with van der Waals surface area (Å²) in [5.41, 5.74) is 6.26. The Kier molecular flexibility index (Phi) is 2.47. The second-order valence-corrected chi connectivity index (χ2v) is 3.34. The van der Waals surface area contributed by atoms with Crippen LogP contribution in [-0.2, 0) is 0 Å². The zero-order valence-electron chi connectivity index (χ0n) is 8.24. The Labute approximate surface area is 86.3 Å². The molecule has 15 heavy (non-hydrogen) atoms. The van der Waals surface area contributed by atoms with Crippen molar-refractivity contribution in [2.45, 2.75) is 13.0 Å². The second kappa shape index (κ2) is 3.78. The summed E-state index contributed by atoms with van der Waals surface area (Å²) >= 11 is 0. The molecule has 0 unspecified atom stereocenters. The van der Waals surface area contributed by atoms with Crippen LogP contribution in [0.15, 0.2) is 24.3 Å². The lowest BCUT2D eigenvalue weighted by Crippen LogP contribution is -2.06. The number of aromatic nitrogens is 3. The SMILES string of the molecule is C[C@@H](N)c1nc(-c2cccc(F)c2)n[nH]1. The molecule has 0 bridgehead atoms. The van der Waals surface area contributed by atoms with Crippen molar-refractivity contribution >= 4 is 0 Å². The van der Waals surface area contributed by atoms with Gasteiger partial charge in [0.2, 0.25) is 0 Å². The molecular formula is C10H11FN4. The van der Waals surface area contributed by atoms with Crippen LogP contribution in [0.1, 0.15) is 18.8 Å². The zero-order valence-corrected chi connectivity index (χ0v) is 8.24. The van der Waals surface area contributed by atoms with Gasteiger partial charge >= 0.3 is 0 Å². The van der Waals surface area contributed by atoms with Crippen molar-refractivity contribution in [3.63, 3.8) is 0 Å². The number of nitrogens with one attached hydrogen (secondary N) is 1. The highest BCUT2D eigenvalue weighted by atomic mass is 19.1. The summed E-state index contributed by atoms with van der Waals surface area (Å²) in [7, 11) is 0. The van der Waals surface area contributed by atoms with Gasteiger partial charge in [-0.15, -0.1) is 0 Å². The molecule has 3 N–H and O–H groups in total. The summed E-state index contributed by atoms with van der Waals surface area (Å²) in [6.07, 6.45) is 0. The first-order valence-corrected chi connectivity index (χ1v) is 4.60. The first-order chi connectivity index (χ1) is 7.16. The summed E-state index contributed by atoms with van der Waals surface area (Å²) in [5.74, 6) is 0.746. The Morgan fingerprint density at radius 3 is 2.87 bits per heavy atom. The highest BCUT2D eigenvalue weighted by Crippen LogP contribution is 2.16. The average molecular weight is 206 g/mol. The molecule has 4 nitrogen and oxygen atoms in total. The maximum Gasteiger partial charge on any atom is 0.181 e. The third-order valence-corrected chi connectivity index (χ3v) is 2.02. The molecule has 0 saturated heterocycles. The third-order valence-electron chi connectivity index (χ3n) is 2.02. The predicted octanol–water partition coefficient (Wildman–Crippen LogP) is 1.63. The van der Waals surface area contributed by atoms with E-state index in [1.807, 2.05) is 0 Å². The van der Waals surface area contributed by atoms with E-state index in [1.54, 1.807) is 19.1 Å². The van der Waals surface area contributed by atoms with Gasteiger partial charge in [-0.1, -0.05) is 12.1 Å². The van der Waals surface area contributed by atoms with Gasteiger partial charge in [0, 0.05) is 5.56 Å². The van der Waals surface area contributed by atoms with Gasteiger partial charge in [-0.05, 0) is 19.1 Å². The molecule has 2 aromatic rings. The molecule has 0 aliphatic heterocycles. The first kappa shape index (κ1) is 9.79. The average Bonchev–Trinajstić information content (AvgIpc) is 2.66. The van der Waals surface area contributed by atoms with Gasteiger partial charge in [0.15, 0.2) is 5.82 Å². The minimum atomic E-state index is -0.306. The van der Waals surface area contributed by atoms with Crippen LogP contribution in [0.2, 0.25) is 0 Å². The van der Waals surface area contributed by atoms with Crippen LogP contribution < -0.4 is 5.73 Å². The van der Waals surface area contributed by atoms with E-state index < -0.39 is 0 Å². The molecule has 2 rings (SSSR count). The van der Waals surface area contributed by atoms with Gasteiger partial charge in [-0.2, -0.15) is 5.10 Å². The number of hydrogen-bond acceptors (Lipinski definition) is 3. The Morgan fingerprint density at radius 2 is 2.27 bits per heavy atom. The lowest BCUT2D eigenvalue weighted by Gasteiger charge is -1.96. The van der Waals surface area contributed by atoms with Crippen molar-refractivity contribution in [1.29, 1.82) is 0 Å². The molecule has 0 aliphatic rings. The van der Waals surface area contributed by atoms with E-state index in [1.165, 1.54) is 12.1 Å². The largest absolute Gasteiger partial charge is 0.322 e. The number of aromatic amines is 1. The van der Waals surface area contributed by atoms with Crippen molar-refractivity contribution in [3.05, 3.63) is 35.9 Å². The fraction of sp³-hybridized carbons (Fsp3) is 0.200. The number of benzene rings is 1. The van der Waals surface area contributed by atoms with E-state index >= 15 is 0 Å². The summed E-state index contributed by atoms with van der Waals surface area (Å²) in [4.78, 5) is 4.16. The predicted molar refractivity (Wildman–Crippen MR) is 54.4 cm³/mol. The van der Waals surface area contributed by atoms with E-state index in [0.717, 1.165) is 0 Å². The van der Waals surface area contributed by atoms with E-state index in [4.69, 9.17) is 5.73 Å². The van der Waals surface area contributed by atoms with E-state index in [-0.39, 0.29) is 11.9 Å². The van der Waals surface area contributed by atoms with Crippen LogP contribution in [0.4, 0.5) is 4.39 Å². The van der Waals surface area contributed by atoms with Gasteiger partial charge in [0.1, 0.15) is 11.6 Å². The quantitative estimate of drug-likeness (QED) is 0.784. The molecule has 5 heteroatoms. The maximum atomic E-state index is 12.9. The topological polar surface area (TPSA) is 67.6 Å². The minimum Gasteiger partial charge on any atom is -0.322 e. The molecule has 1 aromatic carbocycles. The number of hydrogen-bond donors (Lipinski definition) is 2. The summed E-state index contributed by atoms with van der Waals surface area (Å²) < 4.78 is 12.9. The van der Waals surface area contributed by atoms with Gasteiger partial charge < -0.3 is 5.73 Å². The fourth-order valence-electron chi connectivity index (χ4n) is 1.23. The van der Waals surface area contributed by atoms with Gasteiger partial charge in [0.25, 0.3) is 0 Å². The van der Waals surface area contributed by atoms with Crippen LogP contribution in [0, 0.1) is 5.82 Å². The van der Waals surface area contributed by atoms with Gasteiger partial charge in [0.05, 0.1) is 6.04 Å². The highest BCUT2D eigenvalue weighted by molar-refractivity contribution is 5.54. The van der Waals surface area contributed by atoms with Crippen molar-refractivity contribution in [1.82, 2.24) is 15.2 Å². The molecule has 1 heterocycles. The highest BCUT2D eigenvalue weighted by Gasteiger charge is 2.08. The Hall–Kier alpha value is -1.75. The van der Waals surface area contributed by atoms with E-state index in [2.05, 4.69) is 15.2 Å². The number of nitrogens with two attached hydrogens (primary N) is 1. The lowest BCUT2D eigenvalue weighted by molar-refractivity contribution is 0.628. The normalized spacial score (nSPS) is 12.7. The minimum absolute atomic E-state index is 0.209. The van der Waals surface area contributed by atoms with Crippen LogP contribution in [0.3, 0.4) is 0 Å². The lowest BCUT2D eigenvalue weighted by atomic mass is 10.2. The molecule has 1 atom stereocenters. The molecule has 78 valence electrons. The van der Waals surface area contributed by atoms with Crippen molar-refractivity contribution in [3.8, 4) is 11.4 Å². The summed E-state index contributed by atoms with van der Waals surface area (Å²) in [6.45, 7) is 1.80. The Bertz CT molecular complexity index is 464. The Morgan fingerprint density at radius 1 is 1.47 bits per heavy atom. The van der Waals surface area contributed by atoms with Crippen LogP contribution in [0.5, 0.6) is 0 Å². The molecule has 0 amide bonds. The molecule has 0 saturated carbocycles. The van der Waals surface area contributed by atoms with Gasteiger partial charge in [-0.3, -0.25) is 5.10 Å². The van der Waals surface area contributed by atoms with E-state index in [0.29, 0.717) is 17.2 Å². The van der Waals surface area contributed by atoms with Crippen molar-refractivity contribution in [2.24, 2.45) is 5.73 Å². The van der Waals surface area contributed by atoms with Crippen LogP contribution >= 0.6 is 0 Å². The number of H-pyrrole nitrogens is 1. The molecule has 0 spiro atoms. The Balaban J connectivity index is 2.37. The number of rotatable bonds is 2. The number of halogens is 1. The van der Waals surface area contributed by atoms with Gasteiger partial charge in [-0.25, -0.2) is 9.37 Å². The molecule has 0 fully saturated rings. The molecule has 0 radical (unpaired) electrons. The monoisotopic (exact) mass is 206 g/mol.